The summed E-state index contributed by atoms with van der Waals surface area (Å²) in [5, 5.41) is 0.787. The van der Waals surface area contributed by atoms with Gasteiger partial charge in [0.2, 0.25) is 11.6 Å². The number of terminal acetylenes is 1. The summed E-state index contributed by atoms with van der Waals surface area (Å²) in [4.78, 5) is 22.6. The van der Waals surface area contributed by atoms with Crippen LogP contribution in [0.1, 0.15) is 48.4 Å². The SMILES string of the molecule is C#CCOc1ccc2nc(C(=O)c3ccc(OCC)cc3)nc(-c3ccc(C(C)C)cc3)c2c1. The summed E-state index contributed by atoms with van der Waals surface area (Å²) >= 11 is 0. The maximum absolute atomic E-state index is 13.3. The van der Waals surface area contributed by atoms with E-state index in [0.29, 0.717) is 40.8 Å². The minimum Gasteiger partial charge on any atom is -0.494 e. The molecule has 170 valence electrons. The van der Waals surface area contributed by atoms with E-state index in [2.05, 4.69) is 36.9 Å². The lowest BCUT2D eigenvalue weighted by molar-refractivity contribution is 0.103. The van der Waals surface area contributed by atoms with Gasteiger partial charge in [-0.2, -0.15) is 0 Å². The Labute approximate surface area is 199 Å². The van der Waals surface area contributed by atoms with Gasteiger partial charge >= 0.3 is 0 Å². The van der Waals surface area contributed by atoms with Crippen LogP contribution in [0.3, 0.4) is 0 Å². The highest BCUT2D eigenvalue weighted by Crippen LogP contribution is 2.31. The largest absolute Gasteiger partial charge is 0.494 e. The van der Waals surface area contributed by atoms with E-state index in [1.807, 2.05) is 31.2 Å². The van der Waals surface area contributed by atoms with Gasteiger partial charge in [-0.05, 0) is 60.9 Å². The van der Waals surface area contributed by atoms with Gasteiger partial charge in [-0.25, -0.2) is 9.97 Å². The molecule has 0 atom stereocenters. The van der Waals surface area contributed by atoms with E-state index in [0.717, 1.165) is 10.9 Å². The molecule has 0 unspecified atom stereocenters. The molecule has 1 heterocycles. The van der Waals surface area contributed by atoms with Crippen LogP contribution in [0.25, 0.3) is 22.2 Å². The van der Waals surface area contributed by atoms with Gasteiger partial charge < -0.3 is 9.47 Å². The summed E-state index contributed by atoms with van der Waals surface area (Å²) in [5.74, 6) is 4.11. The summed E-state index contributed by atoms with van der Waals surface area (Å²) < 4.78 is 11.1. The second-order valence-corrected chi connectivity index (χ2v) is 8.13. The molecule has 0 fully saturated rings. The van der Waals surface area contributed by atoms with Crippen LogP contribution in [-0.2, 0) is 0 Å². The van der Waals surface area contributed by atoms with Crippen molar-refractivity contribution < 1.29 is 14.3 Å². The first-order chi connectivity index (χ1) is 16.5. The Hall–Kier alpha value is -4.17. The maximum Gasteiger partial charge on any atom is 0.230 e. The number of hydrogen-bond donors (Lipinski definition) is 0. The highest BCUT2D eigenvalue weighted by molar-refractivity contribution is 6.08. The third-order valence-corrected chi connectivity index (χ3v) is 5.47. The van der Waals surface area contributed by atoms with Crippen molar-refractivity contribution >= 4 is 16.7 Å². The zero-order valence-corrected chi connectivity index (χ0v) is 19.5. The van der Waals surface area contributed by atoms with Gasteiger partial charge in [-0.3, -0.25) is 4.79 Å². The van der Waals surface area contributed by atoms with E-state index >= 15 is 0 Å². The van der Waals surface area contributed by atoms with Crippen molar-refractivity contribution in [2.75, 3.05) is 13.2 Å². The molecule has 0 amide bonds. The Kier molecular flexibility index (Phi) is 6.89. The van der Waals surface area contributed by atoms with Crippen LogP contribution in [0.5, 0.6) is 11.5 Å². The van der Waals surface area contributed by atoms with Crippen LogP contribution in [0.2, 0.25) is 0 Å². The highest BCUT2D eigenvalue weighted by Gasteiger charge is 2.18. The molecular formula is C29H26N2O3. The number of carbonyl (C=O) groups excluding carboxylic acids is 1. The lowest BCUT2D eigenvalue weighted by atomic mass is 9.99. The van der Waals surface area contributed by atoms with Gasteiger partial charge in [0.15, 0.2) is 0 Å². The summed E-state index contributed by atoms with van der Waals surface area (Å²) in [6.45, 7) is 6.95. The molecule has 0 N–H and O–H groups in total. The number of ether oxygens (including phenoxy) is 2. The standard InChI is InChI=1S/C29H26N2O3/c1-5-17-34-24-15-16-26-25(18-24)27(21-9-7-20(8-10-21)19(3)4)31-29(30-26)28(32)22-11-13-23(14-12-22)33-6-2/h1,7-16,18-19H,6,17H2,2-4H3. The Balaban J connectivity index is 1.82. The number of fused-ring (bicyclic) bond motifs is 1. The normalized spacial score (nSPS) is 10.8. The third kappa shape index (κ3) is 4.92. The van der Waals surface area contributed by atoms with Crippen molar-refractivity contribution in [3.63, 3.8) is 0 Å². The topological polar surface area (TPSA) is 61.3 Å². The second-order valence-electron chi connectivity index (χ2n) is 8.13. The summed E-state index contributed by atoms with van der Waals surface area (Å²) in [7, 11) is 0. The molecule has 0 radical (unpaired) electrons. The fourth-order valence-corrected chi connectivity index (χ4v) is 3.67. The van der Waals surface area contributed by atoms with Crippen LogP contribution in [0, 0.1) is 12.3 Å². The quantitative estimate of drug-likeness (QED) is 0.241. The predicted octanol–water partition coefficient (Wildman–Crippen LogP) is 6.06. The lowest BCUT2D eigenvalue weighted by Crippen LogP contribution is -2.09. The molecular weight excluding hydrogens is 424 g/mol. The summed E-state index contributed by atoms with van der Waals surface area (Å²) in [5.41, 5.74) is 3.94. The van der Waals surface area contributed by atoms with Gasteiger partial charge in [-0.1, -0.05) is 44.0 Å². The third-order valence-electron chi connectivity index (χ3n) is 5.47. The van der Waals surface area contributed by atoms with Crippen LogP contribution in [0.4, 0.5) is 0 Å². The Bertz CT molecular complexity index is 1350. The van der Waals surface area contributed by atoms with Gasteiger partial charge in [0.05, 0.1) is 17.8 Å². The minimum atomic E-state index is -0.252. The van der Waals surface area contributed by atoms with E-state index in [-0.39, 0.29) is 18.2 Å². The van der Waals surface area contributed by atoms with Gasteiger partial charge in [0.25, 0.3) is 0 Å². The zero-order chi connectivity index (χ0) is 24.1. The molecule has 0 saturated heterocycles. The van der Waals surface area contributed by atoms with Crippen LogP contribution < -0.4 is 9.47 Å². The van der Waals surface area contributed by atoms with E-state index in [1.54, 1.807) is 30.3 Å². The Morgan fingerprint density at radius 2 is 1.65 bits per heavy atom. The molecule has 1 aromatic heterocycles. The fraction of sp³-hybridized carbons (Fsp3) is 0.207. The van der Waals surface area contributed by atoms with E-state index in [1.165, 1.54) is 5.56 Å². The number of ketones is 1. The molecule has 0 saturated carbocycles. The van der Waals surface area contributed by atoms with Crippen molar-refractivity contribution in [3.05, 3.63) is 83.7 Å². The first-order valence-corrected chi connectivity index (χ1v) is 11.3. The molecule has 0 aliphatic heterocycles. The fourth-order valence-electron chi connectivity index (χ4n) is 3.67. The Morgan fingerprint density at radius 3 is 2.29 bits per heavy atom. The predicted molar refractivity (Wildman–Crippen MR) is 134 cm³/mol. The number of benzene rings is 3. The van der Waals surface area contributed by atoms with Gasteiger partial charge in [0, 0.05) is 16.5 Å². The molecule has 0 aliphatic rings. The molecule has 4 aromatic rings. The van der Waals surface area contributed by atoms with Crippen molar-refractivity contribution in [2.24, 2.45) is 0 Å². The smallest absolute Gasteiger partial charge is 0.230 e. The van der Waals surface area contributed by atoms with E-state index < -0.39 is 0 Å². The summed E-state index contributed by atoms with van der Waals surface area (Å²) in [6.07, 6.45) is 5.34. The zero-order valence-electron chi connectivity index (χ0n) is 19.5. The summed E-state index contributed by atoms with van der Waals surface area (Å²) in [6, 6.07) is 20.7. The first kappa shape index (κ1) is 23.0. The average Bonchev–Trinajstić information content (AvgIpc) is 2.87. The molecule has 0 aliphatic carbocycles. The lowest BCUT2D eigenvalue weighted by Gasteiger charge is -2.12. The number of aromatic nitrogens is 2. The van der Waals surface area contributed by atoms with Crippen LogP contribution in [0.15, 0.2) is 66.7 Å². The molecule has 0 bridgehead atoms. The number of carbonyl (C=O) groups is 1. The van der Waals surface area contributed by atoms with Crippen molar-refractivity contribution in [1.82, 2.24) is 9.97 Å². The van der Waals surface area contributed by atoms with Gasteiger partial charge in [0.1, 0.15) is 18.1 Å². The van der Waals surface area contributed by atoms with E-state index in [9.17, 15) is 4.79 Å². The van der Waals surface area contributed by atoms with Crippen LogP contribution >= 0.6 is 0 Å². The van der Waals surface area contributed by atoms with Crippen molar-refractivity contribution in [3.8, 4) is 35.1 Å². The number of hydrogen-bond acceptors (Lipinski definition) is 5. The average molecular weight is 451 g/mol. The monoisotopic (exact) mass is 450 g/mol. The molecule has 0 spiro atoms. The highest BCUT2D eigenvalue weighted by atomic mass is 16.5. The molecule has 3 aromatic carbocycles. The first-order valence-electron chi connectivity index (χ1n) is 11.3. The van der Waals surface area contributed by atoms with Crippen molar-refractivity contribution in [2.45, 2.75) is 26.7 Å². The molecule has 5 heteroatoms. The number of rotatable bonds is 8. The van der Waals surface area contributed by atoms with Crippen LogP contribution in [-0.4, -0.2) is 29.0 Å². The van der Waals surface area contributed by atoms with Crippen molar-refractivity contribution in [1.29, 1.82) is 0 Å². The van der Waals surface area contributed by atoms with Gasteiger partial charge in [-0.15, -0.1) is 6.42 Å². The molecule has 5 nitrogen and oxygen atoms in total. The maximum atomic E-state index is 13.3. The second kappa shape index (κ2) is 10.2. The minimum absolute atomic E-state index is 0.136. The van der Waals surface area contributed by atoms with E-state index in [4.69, 9.17) is 20.9 Å². The molecule has 4 rings (SSSR count). The molecule has 34 heavy (non-hydrogen) atoms. The Morgan fingerprint density at radius 1 is 0.941 bits per heavy atom. The number of nitrogens with zero attached hydrogens (tertiary/aromatic N) is 2.